The fourth-order valence-electron chi connectivity index (χ4n) is 4.90. The summed E-state index contributed by atoms with van der Waals surface area (Å²) in [5, 5.41) is 19.8. The molecule has 4 aromatic rings. The number of allylic oxidation sites excluding steroid dienone is 1. The van der Waals surface area contributed by atoms with Crippen molar-refractivity contribution >= 4 is 35.1 Å². The summed E-state index contributed by atoms with van der Waals surface area (Å²) < 4.78 is 17.8. The fraction of sp³-hybridized carbons (Fsp3) is 0.257. The number of hydrogen-bond donors (Lipinski definition) is 3. The van der Waals surface area contributed by atoms with Crippen LogP contribution in [0.1, 0.15) is 42.3 Å². The lowest BCUT2D eigenvalue weighted by Gasteiger charge is -2.28. The number of aryl methyl sites for hydroxylation is 1. The molecule has 1 aliphatic heterocycles. The smallest absolute Gasteiger partial charge is 0.414 e. The van der Waals surface area contributed by atoms with Crippen molar-refractivity contribution in [3.8, 4) is 28.9 Å². The molecule has 0 bridgehead atoms. The number of carbonyl (C=O) groups excluding carboxylic acids is 2. The number of phenolic OH excluding ortho intramolecular Hbond substituents is 1. The van der Waals surface area contributed by atoms with Crippen LogP contribution in [-0.2, 0) is 21.5 Å². The number of anilines is 1. The van der Waals surface area contributed by atoms with Crippen LogP contribution < -0.4 is 19.2 Å². The highest BCUT2D eigenvalue weighted by molar-refractivity contribution is 7.09. The molecule has 1 aliphatic rings. The minimum Gasteiger partial charge on any atom is -0.508 e. The number of ketones is 1. The number of Topliss-reactive ketones (excluding diaryl/α,β-unsaturated/α-hetero) is 1. The highest BCUT2D eigenvalue weighted by Gasteiger charge is 2.41. The van der Waals surface area contributed by atoms with Gasteiger partial charge in [-0.15, -0.1) is 0 Å². The zero-order valence-corrected chi connectivity index (χ0v) is 27.4. The van der Waals surface area contributed by atoms with Crippen molar-refractivity contribution in [1.29, 1.82) is 0 Å². The number of aromatic nitrogens is 1. The molecule has 12 heteroatoms. The van der Waals surface area contributed by atoms with Crippen LogP contribution in [0.4, 0.5) is 10.5 Å². The number of aromatic hydroxyl groups is 2. The second-order valence-electron chi connectivity index (χ2n) is 12.0. The molecule has 0 saturated carbocycles. The zero-order chi connectivity index (χ0) is 33.9. The third kappa shape index (κ3) is 7.55. The molecule has 0 radical (unpaired) electrons. The molecule has 11 nitrogen and oxygen atoms in total. The van der Waals surface area contributed by atoms with Crippen LogP contribution in [0.5, 0.6) is 28.9 Å². The Kier molecular flexibility index (Phi) is 9.25. The van der Waals surface area contributed by atoms with Crippen molar-refractivity contribution in [3.63, 3.8) is 0 Å². The summed E-state index contributed by atoms with van der Waals surface area (Å²) >= 11 is 0.944. The molecule has 0 saturated heterocycles. The van der Waals surface area contributed by atoms with E-state index in [1.807, 2.05) is 0 Å². The number of thiazole rings is 1. The van der Waals surface area contributed by atoms with Gasteiger partial charge in [-0.05, 0) is 93.4 Å². The Balaban J connectivity index is 1.42. The molecule has 47 heavy (non-hydrogen) atoms. The minimum atomic E-state index is -1.48. The van der Waals surface area contributed by atoms with Crippen molar-refractivity contribution in [3.05, 3.63) is 104 Å². The van der Waals surface area contributed by atoms with Crippen LogP contribution in [0.25, 0.3) is 0 Å². The molecule has 3 aromatic carbocycles. The topological polar surface area (TPSA) is 151 Å². The van der Waals surface area contributed by atoms with Gasteiger partial charge >= 0.3 is 11.0 Å². The lowest BCUT2D eigenvalue weighted by atomic mass is 9.86. The minimum absolute atomic E-state index is 0.0772. The summed E-state index contributed by atoms with van der Waals surface area (Å²) in [6.07, 6.45) is 4.67. The molecule has 244 valence electrons. The molecule has 1 aromatic heterocycles. The van der Waals surface area contributed by atoms with Crippen molar-refractivity contribution < 1.29 is 34.0 Å². The monoisotopic (exact) mass is 657 g/mol. The highest BCUT2D eigenvalue weighted by Crippen LogP contribution is 2.42. The third-order valence-electron chi connectivity index (χ3n) is 7.29. The van der Waals surface area contributed by atoms with E-state index < -0.39 is 17.2 Å². The Morgan fingerprint density at radius 1 is 1.02 bits per heavy atom. The van der Waals surface area contributed by atoms with Crippen LogP contribution in [0, 0.1) is 6.92 Å². The van der Waals surface area contributed by atoms with Gasteiger partial charge in [0.05, 0.1) is 10.6 Å². The third-order valence-corrected chi connectivity index (χ3v) is 8.17. The lowest BCUT2D eigenvalue weighted by Crippen LogP contribution is -2.36. The van der Waals surface area contributed by atoms with Gasteiger partial charge in [0.15, 0.2) is 5.54 Å². The Bertz CT molecular complexity index is 1910. The van der Waals surface area contributed by atoms with E-state index in [4.69, 9.17) is 14.2 Å². The first-order valence-electron chi connectivity index (χ1n) is 14.7. The molecule has 5 rings (SSSR count). The van der Waals surface area contributed by atoms with Crippen molar-refractivity contribution in [2.24, 2.45) is 4.99 Å². The van der Waals surface area contributed by atoms with Crippen LogP contribution in [0.15, 0.2) is 82.6 Å². The number of phenols is 1. The van der Waals surface area contributed by atoms with Crippen LogP contribution in [0.2, 0.25) is 0 Å². The molecule has 0 aliphatic carbocycles. The summed E-state index contributed by atoms with van der Waals surface area (Å²) in [5.41, 5.74) is 0.190. The SMILES string of the molecule is Cc1cc(O)ccc1Oc1cc(N(C)C(=O)OC(C)(C)C)ccc1C1(C(=O)COc2ccc(Cc3sc(=O)[nH]c3O)cc2)C=CC=N1. The Hall–Kier alpha value is -5.36. The van der Waals surface area contributed by atoms with Crippen molar-refractivity contribution in [1.82, 2.24) is 4.98 Å². The van der Waals surface area contributed by atoms with Gasteiger partial charge < -0.3 is 24.4 Å². The van der Waals surface area contributed by atoms with Gasteiger partial charge in [-0.25, -0.2) is 4.79 Å². The highest BCUT2D eigenvalue weighted by atomic mass is 32.1. The number of carbonyl (C=O) groups is 2. The van der Waals surface area contributed by atoms with E-state index in [9.17, 15) is 24.6 Å². The van der Waals surface area contributed by atoms with Gasteiger partial charge in [0, 0.05) is 31.3 Å². The van der Waals surface area contributed by atoms with Crippen molar-refractivity contribution in [2.75, 3.05) is 18.6 Å². The maximum Gasteiger partial charge on any atom is 0.414 e. The number of rotatable bonds is 10. The van der Waals surface area contributed by atoms with Crippen molar-refractivity contribution in [2.45, 2.75) is 45.3 Å². The number of aromatic amines is 1. The first-order valence-corrected chi connectivity index (χ1v) is 15.5. The number of benzene rings is 3. The van der Waals surface area contributed by atoms with Crippen LogP contribution in [0.3, 0.4) is 0 Å². The molecular formula is C35H35N3O8S. The predicted octanol–water partition coefficient (Wildman–Crippen LogP) is 6.39. The quantitative estimate of drug-likeness (QED) is 0.177. The second-order valence-corrected chi connectivity index (χ2v) is 13.1. The normalized spacial score (nSPS) is 15.4. The van der Waals surface area contributed by atoms with E-state index in [1.54, 1.807) is 101 Å². The first kappa shape index (κ1) is 33.0. The number of nitrogens with zero attached hydrogens (tertiary/aromatic N) is 2. The fourth-order valence-corrected chi connectivity index (χ4v) is 5.66. The predicted molar refractivity (Wildman–Crippen MR) is 180 cm³/mol. The van der Waals surface area contributed by atoms with Gasteiger partial charge in [-0.3, -0.25) is 24.5 Å². The summed E-state index contributed by atoms with van der Waals surface area (Å²) in [6.45, 7) is 6.79. The molecule has 0 spiro atoms. The summed E-state index contributed by atoms with van der Waals surface area (Å²) in [6, 6.07) is 16.7. The van der Waals surface area contributed by atoms with Crippen LogP contribution in [-0.4, -0.2) is 52.5 Å². The molecular weight excluding hydrogens is 622 g/mol. The standard InChI is InChI=1S/C35H35N3O8S/c1-21-17-24(39)10-14-27(21)45-28-19-23(38(5)33(43)46-34(2,3)4)9-13-26(28)35(15-6-16-36-35)30(40)20-44-25-11-7-22(8-12-25)18-29-31(41)37-32(42)47-29/h6-17,19,39,41H,18,20H2,1-5H3,(H,37,42). The second kappa shape index (κ2) is 13.2. The largest absolute Gasteiger partial charge is 0.508 e. The Labute approximate surface area is 275 Å². The number of aliphatic imine (C=N–C) groups is 1. The molecule has 1 atom stereocenters. The average Bonchev–Trinajstić information content (AvgIpc) is 3.63. The maximum absolute atomic E-state index is 14.0. The van der Waals surface area contributed by atoms with Gasteiger partial charge in [0.1, 0.15) is 35.2 Å². The summed E-state index contributed by atoms with van der Waals surface area (Å²) in [5.74, 6) is 0.715. The van der Waals surface area contributed by atoms with E-state index in [-0.39, 0.29) is 34.6 Å². The number of amides is 1. The summed E-state index contributed by atoms with van der Waals surface area (Å²) in [4.78, 5) is 46.8. The molecule has 1 unspecified atom stereocenters. The first-order chi connectivity index (χ1) is 22.2. The average molecular weight is 658 g/mol. The summed E-state index contributed by atoms with van der Waals surface area (Å²) in [7, 11) is 1.58. The number of H-pyrrole nitrogens is 1. The lowest BCUT2D eigenvalue weighted by molar-refractivity contribution is -0.124. The van der Waals surface area contributed by atoms with E-state index in [2.05, 4.69) is 9.98 Å². The van der Waals surface area contributed by atoms with E-state index in [1.165, 1.54) is 17.2 Å². The maximum atomic E-state index is 14.0. The zero-order valence-electron chi connectivity index (χ0n) is 26.6. The number of hydrogen-bond acceptors (Lipinski definition) is 10. The van der Waals surface area contributed by atoms with E-state index in [0.29, 0.717) is 39.6 Å². The molecule has 0 fully saturated rings. The molecule has 2 heterocycles. The molecule has 1 amide bonds. The number of nitrogens with one attached hydrogen (secondary N) is 1. The molecule has 3 N–H and O–H groups in total. The van der Waals surface area contributed by atoms with E-state index >= 15 is 0 Å². The Morgan fingerprint density at radius 2 is 1.77 bits per heavy atom. The number of ether oxygens (including phenoxy) is 3. The van der Waals surface area contributed by atoms with Gasteiger partial charge in [0.25, 0.3) is 0 Å². The van der Waals surface area contributed by atoms with Gasteiger partial charge in [0.2, 0.25) is 11.7 Å². The van der Waals surface area contributed by atoms with Gasteiger partial charge in [-0.2, -0.15) is 0 Å². The van der Waals surface area contributed by atoms with Crippen LogP contribution >= 0.6 is 11.3 Å². The Morgan fingerprint density at radius 3 is 2.38 bits per heavy atom. The van der Waals surface area contributed by atoms with Gasteiger partial charge in [-0.1, -0.05) is 23.5 Å². The van der Waals surface area contributed by atoms with E-state index in [0.717, 1.165) is 16.9 Å².